The Morgan fingerprint density at radius 3 is 3.07 bits per heavy atom. The molecule has 82 valence electrons. The first-order chi connectivity index (χ1) is 7.29. The molecule has 2 atom stereocenters. The van der Waals surface area contributed by atoms with Crippen molar-refractivity contribution in [1.29, 1.82) is 0 Å². The van der Waals surface area contributed by atoms with E-state index >= 15 is 0 Å². The summed E-state index contributed by atoms with van der Waals surface area (Å²) >= 11 is 0. The molecule has 0 amide bonds. The average molecular weight is 206 g/mol. The van der Waals surface area contributed by atoms with Crippen molar-refractivity contribution in [1.82, 2.24) is 0 Å². The van der Waals surface area contributed by atoms with E-state index in [1.807, 2.05) is 0 Å². The molecule has 3 heteroatoms. The fraction of sp³-hybridized carbons (Fsp3) is 0.583. The highest BCUT2D eigenvalue weighted by atomic mass is 16.1. The Morgan fingerprint density at radius 1 is 1.60 bits per heavy atom. The molecular formula is C12H18N2O. The van der Waals surface area contributed by atoms with Crippen LogP contribution in [-0.2, 0) is 4.79 Å². The maximum Gasteiger partial charge on any atom is 0.130 e. The lowest BCUT2D eigenvalue weighted by Gasteiger charge is -2.15. The van der Waals surface area contributed by atoms with Crippen LogP contribution >= 0.6 is 0 Å². The van der Waals surface area contributed by atoms with Gasteiger partial charge in [-0.2, -0.15) is 0 Å². The minimum absolute atomic E-state index is 0.270. The van der Waals surface area contributed by atoms with Crippen LogP contribution in [0.4, 0.5) is 0 Å². The van der Waals surface area contributed by atoms with E-state index in [2.05, 4.69) is 17.6 Å². The van der Waals surface area contributed by atoms with Gasteiger partial charge in [-0.3, -0.25) is 4.99 Å². The van der Waals surface area contributed by atoms with Crippen LogP contribution < -0.4 is 5.73 Å². The van der Waals surface area contributed by atoms with Gasteiger partial charge in [0.25, 0.3) is 0 Å². The van der Waals surface area contributed by atoms with Gasteiger partial charge < -0.3 is 10.5 Å². The van der Waals surface area contributed by atoms with Crippen LogP contribution in [0.5, 0.6) is 0 Å². The topological polar surface area (TPSA) is 55.4 Å². The van der Waals surface area contributed by atoms with Crippen LogP contribution in [-0.4, -0.2) is 18.0 Å². The first-order valence-corrected chi connectivity index (χ1v) is 5.48. The summed E-state index contributed by atoms with van der Waals surface area (Å²) in [6, 6.07) is -0.276. The van der Waals surface area contributed by atoms with Gasteiger partial charge in [-0.05, 0) is 18.9 Å². The fourth-order valence-corrected chi connectivity index (χ4v) is 1.64. The Kier molecular flexibility index (Phi) is 5.02. The van der Waals surface area contributed by atoms with E-state index < -0.39 is 0 Å². The molecule has 1 heterocycles. The summed E-state index contributed by atoms with van der Waals surface area (Å²) in [6.07, 6.45) is 8.46. The highest BCUT2D eigenvalue weighted by Crippen LogP contribution is 2.12. The predicted octanol–water partition coefficient (Wildman–Crippen LogP) is 1.83. The van der Waals surface area contributed by atoms with E-state index in [0.717, 1.165) is 31.3 Å². The first kappa shape index (κ1) is 11.9. The first-order valence-electron chi connectivity index (χ1n) is 5.48. The third-order valence-electron chi connectivity index (χ3n) is 2.58. The summed E-state index contributed by atoms with van der Waals surface area (Å²) in [4.78, 5) is 15.2. The van der Waals surface area contributed by atoms with Crippen molar-refractivity contribution in [3.63, 3.8) is 0 Å². The summed E-state index contributed by atoms with van der Waals surface area (Å²) in [5.41, 5.74) is 9.59. The minimum atomic E-state index is -0.276. The molecule has 0 radical (unpaired) electrons. The Hall–Kier alpha value is -1.18. The SMILES string of the molecule is CCCCCC1=NC=C=CC(N)C1C=O. The van der Waals surface area contributed by atoms with Gasteiger partial charge in [-0.25, -0.2) is 0 Å². The standard InChI is InChI=1S/C12H18N2O/c1-2-3-4-7-12-10(9-15)11(13)6-5-8-14-12/h6,8-11H,2-4,7,13H2,1H3. The molecule has 1 rings (SSSR count). The highest BCUT2D eigenvalue weighted by Gasteiger charge is 2.21. The molecule has 2 N–H and O–H groups in total. The summed E-state index contributed by atoms with van der Waals surface area (Å²) in [7, 11) is 0. The van der Waals surface area contributed by atoms with Crippen molar-refractivity contribution in [2.24, 2.45) is 16.6 Å². The lowest BCUT2D eigenvalue weighted by Crippen LogP contribution is -2.34. The lowest BCUT2D eigenvalue weighted by molar-refractivity contribution is -0.109. The molecule has 0 spiro atoms. The maximum atomic E-state index is 10.9. The summed E-state index contributed by atoms with van der Waals surface area (Å²) in [5, 5.41) is 0. The van der Waals surface area contributed by atoms with Gasteiger partial charge in [0.15, 0.2) is 0 Å². The summed E-state index contributed by atoms with van der Waals surface area (Å²) < 4.78 is 0. The molecule has 3 nitrogen and oxygen atoms in total. The maximum absolute atomic E-state index is 10.9. The minimum Gasteiger partial charge on any atom is -0.323 e. The number of aliphatic imine (C=N–C) groups is 1. The second-order valence-electron chi connectivity index (χ2n) is 3.78. The number of carbonyl (C=O) groups is 1. The Labute approximate surface area is 90.8 Å². The quantitative estimate of drug-likeness (QED) is 0.424. The van der Waals surface area contributed by atoms with Crippen LogP contribution in [0.3, 0.4) is 0 Å². The largest absolute Gasteiger partial charge is 0.323 e. The predicted molar refractivity (Wildman–Crippen MR) is 61.8 cm³/mol. The van der Waals surface area contributed by atoms with Crippen LogP contribution in [0, 0.1) is 5.92 Å². The number of rotatable bonds is 5. The summed E-state index contributed by atoms with van der Waals surface area (Å²) in [5.74, 6) is -0.270. The zero-order valence-electron chi connectivity index (χ0n) is 9.15. The van der Waals surface area contributed by atoms with E-state index in [4.69, 9.17) is 5.73 Å². The molecule has 0 bridgehead atoms. The summed E-state index contributed by atoms with van der Waals surface area (Å²) in [6.45, 7) is 2.15. The monoisotopic (exact) mass is 206 g/mol. The van der Waals surface area contributed by atoms with E-state index in [1.165, 1.54) is 6.42 Å². The van der Waals surface area contributed by atoms with Crippen LogP contribution in [0.2, 0.25) is 0 Å². The second kappa shape index (κ2) is 6.33. The molecule has 0 saturated heterocycles. The van der Waals surface area contributed by atoms with E-state index in [1.54, 1.807) is 12.3 Å². The lowest BCUT2D eigenvalue weighted by atomic mass is 9.93. The van der Waals surface area contributed by atoms with Crippen LogP contribution in [0.25, 0.3) is 0 Å². The Balaban J connectivity index is 2.66. The molecule has 0 saturated carbocycles. The molecule has 0 aromatic heterocycles. The number of aldehydes is 1. The number of unbranched alkanes of at least 4 members (excludes halogenated alkanes) is 2. The Morgan fingerprint density at radius 2 is 2.40 bits per heavy atom. The fourth-order valence-electron chi connectivity index (χ4n) is 1.64. The second-order valence-corrected chi connectivity index (χ2v) is 3.78. The van der Waals surface area contributed by atoms with Gasteiger partial charge in [-0.1, -0.05) is 19.8 Å². The highest BCUT2D eigenvalue weighted by molar-refractivity contribution is 5.98. The Bertz CT molecular complexity index is 301. The number of hydrogen-bond donors (Lipinski definition) is 1. The third kappa shape index (κ3) is 3.46. The molecule has 1 aliphatic rings. The molecular weight excluding hydrogens is 188 g/mol. The van der Waals surface area contributed by atoms with Crippen molar-refractivity contribution >= 4 is 12.0 Å². The van der Waals surface area contributed by atoms with Crippen molar-refractivity contribution in [3.8, 4) is 0 Å². The smallest absolute Gasteiger partial charge is 0.130 e. The average Bonchev–Trinajstić information content (AvgIpc) is 2.41. The van der Waals surface area contributed by atoms with Crippen molar-refractivity contribution in [2.75, 3.05) is 0 Å². The zero-order chi connectivity index (χ0) is 11.1. The van der Waals surface area contributed by atoms with E-state index in [0.29, 0.717) is 0 Å². The molecule has 1 aliphatic heterocycles. The van der Waals surface area contributed by atoms with Crippen LogP contribution in [0.15, 0.2) is 23.0 Å². The van der Waals surface area contributed by atoms with Crippen molar-refractivity contribution in [3.05, 3.63) is 18.0 Å². The molecule has 0 fully saturated rings. The molecule has 0 aliphatic carbocycles. The van der Waals surface area contributed by atoms with Gasteiger partial charge in [-0.15, -0.1) is 5.73 Å². The van der Waals surface area contributed by atoms with E-state index in [-0.39, 0.29) is 12.0 Å². The number of carbonyl (C=O) groups excluding carboxylic acids is 1. The van der Waals surface area contributed by atoms with Crippen LogP contribution in [0.1, 0.15) is 32.6 Å². The van der Waals surface area contributed by atoms with Gasteiger partial charge in [0.05, 0.1) is 12.1 Å². The number of nitrogens with zero attached hydrogens (tertiary/aromatic N) is 1. The van der Waals surface area contributed by atoms with Crippen molar-refractivity contribution in [2.45, 2.75) is 38.6 Å². The molecule has 0 aromatic carbocycles. The molecule has 0 aromatic rings. The van der Waals surface area contributed by atoms with Gasteiger partial charge in [0, 0.05) is 11.8 Å². The van der Waals surface area contributed by atoms with Crippen molar-refractivity contribution < 1.29 is 4.79 Å². The molecule has 2 unspecified atom stereocenters. The van der Waals surface area contributed by atoms with Gasteiger partial charge in [0.2, 0.25) is 0 Å². The molecule has 15 heavy (non-hydrogen) atoms. The number of nitrogens with two attached hydrogens (primary N) is 1. The zero-order valence-corrected chi connectivity index (χ0v) is 9.15. The van der Waals surface area contributed by atoms with E-state index in [9.17, 15) is 4.79 Å². The van der Waals surface area contributed by atoms with Gasteiger partial charge in [0.1, 0.15) is 6.29 Å². The van der Waals surface area contributed by atoms with Gasteiger partial charge >= 0.3 is 0 Å². The number of hydrogen-bond acceptors (Lipinski definition) is 3. The third-order valence-corrected chi connectivity index (χ3v) is 2.58. The normalized spacial score (nSPS) is 24.8.